The molecule has 0 fully saturated rings. The number of aromatic amines is 1. The number of nitrogens with one attached hydrogen (secondary N) is 2. The van der Waals surface area contributed by atoms with Crippen LogP contribution in [0.1, 0.15) is 29.6 Å². The molecule has 0 aliphatic carbocycles. The number of anilines is 1. The number of fused-ring (bicyclic) bond motifs is 1. The summed E-state index contributed by atoms with van der Waals surface area (Å²) in [6.07, 6.45) is 0.736. The van der Waals surface area contributed by atoms with Crippen molar-refractivity contribution in [3.63, 3.8) is 0 Å². The van der Waals surface area contributed by atoms with Gasteiger partial charge in [-0.05, 0) is 20.3 Å². The number of nitrogens with zero attached hydrogens (tertiary/aromatic N) is 4. The first kappa shape index (κ1) is 13.7. The van der Waals surface area contributed by atoms with Crippen LogP contribution in [0, 0.1) is 13.8 Å². The van der Waals surface area contributed by atoms with Crippen molar-refractivity contribution in [1.82, 2.24) is 24.8 Å². The van der Waals surface area contributed by atoms with E-state index < -0.39 is 0 Å². The predicted molar refractivity (Wildman–Crippen MR) is 81.9 cm³/mol. The summed E-state index contributed by atoms with van der Waals surface area (Å²) in [5.74, 6) is 0. The highest BCUT2D eigenvalue weighted by Crippen LogP contribution is 2.19. The number of rotatable bonds is 4. The van der Waals surface area contributed by atoms with Crippen LogP contribution >= 0.6 is 11.3 Å². The van der Waals surface area contributed by atoms with Crippen LogP contribution in [0.4, 0.5) is 5.13 Å². The van der Waals surface area contributed by atoms with Gasteiger partial charge in [0.15, 0.2) is 0 Å². The molecule has 0 saturated heterocycles. The highest BCUT2D eigenvalue weighted by atomic mass is 32.1. The second kappa shape index (κ2) is 5.28. The molecule has 3 aromatic heterocycles. The Morgan fingerprint density at radius 3 is 2.90 bits per heavy atom. The van der Waals surface area contributed by atoms with Gasteiger partial charge in [-0.15, -0.1) is 5.10 Å². The summed E-state index contributed by atoms with van der Waals surface area (Å²) in [6, 6.07) is 1.53. The highest BCUT2D eigenvalue weighted by Gasteiger charge is 2.10. The van der Waals surface area contributed by atoms with Crippen LogP contribution < -0.4 is 10.9 Å². The Morgan fingerprint density at radius 2 is 2.24 bits per heavy atom. The summed E-state index contributed by atoms with van der Waals surface area (Å²) in [5.41, 5.74) is 3.76. The summed E-state index contributed by atoms with van der Waals surface area (Å²) in [5, 5.41) is 15.3. The van der Waals surface area contributed by atoms with Crippen LogP contribution in [-0.2, 0) is 13.0 Å². The second-order valence-electron chi connectivity index (χ2n) is 4.81. The molecule has 0 aliphatic rings. The van der Waals surface area contributed by atoms with Crippen LogP contribution in [0.2, 0.25) is 0 Å². The van der Waals surface area contributed by atoms with Crippen molar-refractivity contribution in [2.45, 2.75) is 33.7 Å². The SMILES string of the molecule is CCc1cc(=O)n2nc(NCc3c(C)n[nH]c3C)sc2n1. The first-order valence-electron chi connectivity index (χ1n) is 6.72. The predicted octanol–water partition coefficient (Wildman–Crippen LogP) is 1.67. The molecular formula is C13H16N6OS. The fourth-order valence-corrected chi connectivity index (χ4v) is 2.93. The van der Waals surface area contributed by atoms with Gasteiger partial charge >= 0.3 is 0 Å². The number of hydrogen-bond acceptors (Lipinski definition) is 6. The monoisotopic (exact) mass is 304 g/mol. The zero-order valence-corrected chi connectivity index (χ0v) is 12.9. The van der Waals surface area contributed by atoms with E-state index >= 15 is 0 Å². The third kappa shape index (κ3) is 2.54. The van der Waals surface area contributed by atoms with Crippen molar-refractivity contribution in [2.24, 2.45) is 0 Å². The Morgan fingerprint density at radius 1 is 1.43 bits per heavy atom. The lowest BCUT2D eigenvalue weighted by atomic mass is 10.2. The van der Waals surface area contributed by atoms with Gasteiger partial charge in [-0.3, -0.25) is 9.89 Å². The van der Waals surface area contributed by atoms with Gasteiger partial charge in [0.05, 0.1) is 5.69 Å². The average molecular weight is 304 g/mol. The quantitative estimate of drug-likeness (QED) is 0.765. The van der Waals surface area contributed by atoms with Crippen molar-refractivity contribution in [2.75, 3.05) is 5.32 Å². The molecule has 0 aromatic carbocycles. The molecule has 0 saturated carbocycles. The lowest BCUT2D eigenvalue weighted by Gasteiger charge is -2.01. The lowest BCUT2D eigenvalue weighted by Crippen LogP contribution is -2.15. The van der Waals surface area contributed by atoms with Gasteiger partial charge in [-0.2, -0.15) is 9.61 Å². The molecule has 0 aliphatic heterocycles. The first-order chi connectivity index (χ1) is 10.1. The minimum atomic E-state index is -0.142. The van der Waals surface area contributed by atoms with E-state index in [0.29, 0.717) is 16.6 Å². The minimum absolute atomic E-state index is 0.142. The van der Waals surface area contributed by atoms with Gasteiger partial charge in [-0.1, -0.05) is 18.3 Å². The molecule has 0 bridgehead atoms. The van der Waals surface area contributed by atoms with Crippen LogP contribution in [-0.4, -0.2) is 24.8 Å². The summed E-state index contributed by atoms with van der Waals surface area (Å²) >= 11 is 1.37. The van der Waals surface area contributed by atoms with Crippen molar-refractivity contribution < 1.29 is 0 Å². The normalized spacial score (nSPS) is 11.2. The zero-order chi connectivity index (χ0) is 15.0. The van der Waals surface area contributed by atoms with Gasteiger partial charge < -0.3 is 5.32 Å². The number of aryl methyl sites for hydroxylation is 3. The van der Waals surface area contributed by atoms with Gasteiger partial charge in [-0.25, -0.2) is 4.98 Å². The van der Waals surface area contributed by atoms with E-state index in [1.165, 1.54) is 21.9 Å². The molecule has 21 heavy (non-hydrogen) atoms. The van der Waals surface area contributed by atoms with E-state index in [0.717, 1.165) is 29.1 Å². The third-order valence-electron chi connectivity index (χ3n) is 3.36. The Labute approximate surface area is 125 Å². The fraction of sp³-hybridized carbons (Fsp3) is 0.385. The van der Waals surface area contributed by atoms with Crippen LogP contribution in [0.3, 0.4) is 0 Å². The van der Waals surface area contributed by atoms with Gasteiger partial charge in [0.1, 0.15) is 0 Å². The molecular weight excluding hydrogens is 288 g/mol. The molecule has 8 heteroatoms. The fourth-order valence-electron chi connectivity index (χ4n) is 2.11. The molecule has 0 unspecified atom stereocenters. The number of H-pyrrole nitrogens is 1. The molecule has 3 rings (SSSR count). The Balaban J connectivity index is 1.88. The average Bonchev–Trinajstić information content (AvgIpc) is 3.01. The molecule has 0 radical (unpaired) electrons. The van der Waals surface area contributed by atoms with E-state index in [1.807, 2.05) is 20.8 Å². The maximum atomic E-state index is 11.9. The van der Waals surface area contributed by atoms with Gasteiger partial charge in [0, 0.05) is 29.6 Å². The van der Waals surface area contributed by atoms with E-state index in [1.54, 1.807) is 0 Å². The minimum Gasteiger partial charge on any atom is -0.356 e. The van der Waals surface area contributed by atoms with Crippen molar-refractivity contribution in [3.05, 3.63) is 39.1 Å². The molecule has 3 aromatic rings. The van der Waals surface area contributed by atoms with Gasteiger partial charge in [0.2, 0.25) is 10.1 Å². The maximum Gasteiger partial charge on any atom is 0.275 e. The van der Waals surface area contributed by atoms with E-state index in [9.17, 15) is 4.79 Å². The van der Waals surface area contributed by atoms with E-state index in [4.69, 9.17) is 0 Å². The van der Waals surface area contributed by atoms with E-state index in [-0.39, 0.29) is 5.56 Å². The van der Waals surface area contributed by atoms with Crippen molar-refractivity contribution >= 4 is 21.4 Å². The molecule has 7 nitrogen and oxygen atoms in total. The summed E-state index contributed by atoms with van der Waals surface area (Å²) in [6.45, 7) is 6.53. The lowest BCUT2D eigenvalue weighted by molar-refractivity contribution is 0.873. The Hall–Kier alpha value is -2.22. The Kier molecular flexibility index (Phi) is 3.46. The largest absolute Gasteiger partial charge is 0.356 e. The number of hydrogen-bond donors (Lipinski definition) is 2. The Bertz CT molecular complexity index is 827. The smallest absolute Gasteiger partial charge is 0.275 e. The van der Waals surface area contributed by atoms with Crippen molar-refractivity contribution in [1.29, 1.82) is 0 Å². The van der Waals surface area contributed by atoms with E-state index in [2.05, 4.69) is 25.6 Å². The summed E-state index contributed by atoms with van der Waals surface area (Å²) < 4.78 is 1.33. The molecule has 3 heterocycles. The topological polar surface area (TPSA) is 88.0 Å². The molecule has 0 amide bonds. The maximum absolute atomic E-state index is 11.9. The molecule has 110 valence electrons. The van der Waals surface area contributed by atoms with Crippen molar-refractivity contribution in [3.8, 4) is 0 Å². The van der Waals surface area contributed by atoms with Gasteiger partial charge in [0.25, 0.3) is 5.56 Å². The molecule has 0 atom stereocenters. The molecule has 2 N–H and O–H groups in total. The summed E-state index contributed by atoms with van der Waals surface area (Å²) in [7, 11) is 0. The zero-order valence-electron chi connectivity index (χ0n) is 12.1. The third-order valence-corrected chi connectivity index (χ3v) is 4.22. The highest BCUT2D eigenvalue weighted by molar-refractivity contribution is 7.20. The molecule has 0 spiro atoms. The van der Waals surface area contributed by atoms with Crippen LogP contribution in [0.25, 0.3) is 4.96 Å². The van der Waals surface area contributed by atoms with Crippen LogP contribution in [0.5, 0.6) is 0 Å². The summed E-state index contributed by atoms with van der Waals surface area (Å²) in [4.78, 5) is 17.0. The second-order valence-corrected chi connectivity index (χ2v) is 5.76. The number of aromatic nitrogens is 5. The standard InChI is InChI=1S/C13H16N6OS/c1-4-9-5-11(20)19-13(15-9)21-12(18-19)14-6-10-7(2)16-17-8(10)3/h5H,4,6H2,1-3H3,(H,14,18)(H,16,17). The van der Waals surface area contributed by atoms with Crippen LogP contribution in [0.15, 0.2) is 10.9 Å². The first-order valence-corrected chi connectivity index (χ1v) is 7.54.